The maximum absolute atomic E-state index is 5.83. The largest absolute Gasteiger partial charge is 0.488 e. The van der Waals surface area contributed by atoms with Crippen molar-refractivity contribution in [2.45, 2.75) is 18.8 Å². The summed E-state index contributed by atoms with van der Waals surface area (Å²) in [7, 11) is 0. The summed E-state index contributed by atoms with van der Waals surface area (Å²) in [6.45, 7) is 2.08. The fraction of sp³-hybridized carbons (Fsp3) is 0.280. The number of rotatable bonds is 8. The van der Waals surface area contributed by atoms with E-state index in [1.807, 2.05) is 30.3 Å². The molecule has 0 atom stereocenters. The van der Waals surface area contributed by atoms with Crippen LogP contribution in [0.5, 0.6) is 11.8 Å². The Hall–Kier alpha value is -3.78. The first-order chi connectivity index (χ1) is 16.3. The first-order valence-corrected chi connectivity index (χ1v) is 11.1. The minimum absolute atomic E-state index is 0.216. The standard InChI is InChI=1S/C25H25N5O3/c1-2-5-20-16-21(8-7-18(20)4-1)27-24-28-23(19-9-12-31-13-10-19)29-25(30-24)33-15-14-32-22-6-3-11-26-17-22/h1-8,11,16-17,19H,9-10,12-15H2,(H,27,28,29,30). The molecule has 3 heterocycles. The molecule has 0 spiro atoms. The lowest BCUT2D eigenvalue weighted by Crippen LogP contribution is -2.18. The molecule has 33 heavy (non-hydrogen) atoms. The maximum atomic E-state index is 5.83. The molecule has 0 amide bonds. The third-order valence-electron chi connectivity index (χ3n) is 5.44. The summed E-state index contributed by atoms with van der Waals surface area (Å²) in [6, 6.07) is 18.4. The van der Waals surface area contributed by atoms with Crippen LogP contribution in [0.3, 0.4) is 0 Å². The van der Waals surface area contributed by atoms with Gasteiger partial charge < -0.3 is 19.5 Å². The predicted octanol–water partition coefficient (Wildman–Crippen LogP) is 4.52. The summed E-state index contributed by atoms with van der Waals surface area (Å²) in [5.74, 6) is 2.09. The number of hydrogen-bond acceptors (Lipinski definition) is 8. The molecule has 2 aromatic carbocycles. The van der Waals surface area contributed by atoms with Gasteiger partial charge in [0.25, 0.3) is 0 Å². The molecular weight excluding hydrogens is 418 g/mol. The highest BCUT2D eigenvalue weighted by Gasteiger charge is 2.21. The number of nitrogens with zero attached hydrogens (tertiary/aromatic N) is 4. The van der Waals surface area contributed by atoms with Crippen LogP contribution in [0.4, 0.5) is 11.6 Å². The van der Waals surface area contributed by atoms with Crippen molar-refractivity contribution in [2.75, 3.05) is 31.7 Å². The van der Waals surface area contributed by atoms with Gasteiger partial charge in [-0.3, -0.25) is 4.98 Å². The molecule has 0 unspecified atom stereocenters. The summed E-state index contributed by atoms with van der Waals surface area (Å²) in [5, 5.41) is 5.64. The number of pyridine rings is 1. The molecule has 1 fully saturated rings. The van der Waals surface area contributed by atoms with Crippen LogP contribution >= 0.6 is 0 Å². The molecule has 0 aliphatic carbocycles. The molecule has 1 aliphatic rings. The van der Waals surface area contributed by atoms with E-state index in [1.54, 1.807) is 12.4 Å². The summed E-state index contributed by atoms with van der Waals surface area (Å²) in [6.07, 6.45) is 5.12. The van der Waals surface area contributed by atoms with Gasteiger partial charge in [-0.25, -0.2) is 0 Å². The van der Waals surface area contributed by atoms with Gasteiger partial charge >= 0.3 is 6.01 Å². The Kier molecular flexibility index (Phi) is 6.53. The molecule has 2 aromatic heterocycles. The van der Waals surface area contributed by atoms with Gasteiger partial charge in [-0.1, -0.05) is 30.3 Å². The van der Waals surface area contributed by atoms with E-state index in [2.05, 4.69) is 44.5 Å². The topological polar surface area (TPSA) is 91.3 Å². The van der Waals surface area contributed by atoms with Gasteiger partial charge in [-0.05, 0) is 47.9 Å². The third kappa shape index (κ3) is 5.53. The number of nitrogens with one attached hydrogen (secondary N) is 1. The monoisotopic (exact) mass is 443 g/mol. The van der Waals surface area contributed by atoms with Crippen molar-refractivity contribution in [1.82, 2.24) is 19.9 Å². The molecule has 0 bridgehead atoms. The molecule has 1 aliphatic heterocycles. The highest BCUT2D eigenvalue weighted by atomic mass is 16.5. The Balaban J connectivity index is 1.32. The first kappa shape index (κ1) is 21.1. The van der Waals surface area contributed by atoms with Crippen LogP contribution in [0.1, 0.15) is 24.6 Å². The lowest BCUT2D eigenvalue weighted by molar-refractivity contribution is 0.0832. The van der Waals surface area contributed by atoms with E-state index in [9.17, 15) is 0 Å². The van der Waals surface area contributed by atoms with Crippen LogP contribution in [0.2, 0.25) is 0 Å². The van der Waals surface area contributed by atoms with E-state index in [0.717, 1.165) is 29.7 Å². The Labute approximate surface area is 192 Å². The quantitative estimate of drug-likeness (QED) is 0.398. The second-order valence-corrected chi connectivity index (χ2v) is 7.76. The lowest BCUT2D eigenvalue weighted by atomic mass is 10.00. The van der Waals surface area contributed by atoms with Crippen molar-refractivity contribution < 1.29 is 14.2 Å². The number of aromatic nitrogens is 4. The zero-order chi connectivity index (χ0) is 22.3. The smallest absolute Gasteiger partial charge is 0.321 e. The number of benzene rings is 2. The SMILES string of the molecule is c1cncc(OCCOc2nc(Nc3ccc4ccccc4c3)nc(C3CCOCC3)n2)c1. The van der Waals surface area contributed by atoms with Crippen molar-refractivity contribution in [3.8, 4) is 11.8 Å². The van der Waals surface area contributed by atoms with Crippen LogP contribution in [-0.2, 0) is 4.74 Å². The molecular formula is C25H25N5O3. The summed E-state index contributed by atoms with van der Waals surface area (Å²) >= 11 is 0. The number of ether oxygens (including phenoxy) is 3. The van der Waals surface area contributed by atoms with Gasteiger partial charge in [0.1, 0.15) is 24.8 Å². The lowest BCUT2D eigenvalue weighted by Gasteiger charge is -2.21. The predicted molar refractivity (Wildman–Crippen MR) is 125 cm³/mol. The van der Waals surface area contributed by atoms with Gasteiger partial charge in [0.15, 0.2) is 0 Å². The van der Waals surface area contributed by atoms with Gasteiger partial charge in [0, 0.05) is 31.0 Å². The average Bonchev–Trinajstić information content (AvgIpc) is 2.88. The summed E-state index contributed by atoms with van der Waals surface area (Å²) in [5.41, 5.74) is 0.906. The van der Waals surface area contributed by atoms with E-state index < -0.39 is 0 Å². The van der Waals surface area contributed by atoms with E-state index in [1.165, 1.54) is 5.39 Å². The Morgan fingerprint density at radius 2 is 1.73 bits per heavy atom. The van der Waals surface area contributed by atoms with Crippen LogP contribution in [0, 0.1) is 0 Å². The average molecular weight is 444 g/mol. The van der Waals surface area contributed by atoms with Crippen molar-refractivity contribution >= 4 is 22.4 Å². The normalized spacial score (nSPS) is 14.2. The molecule has 8 heteroatoms. The first-order valence-electron chi connectivity index (χ1n) is 11.1. The molecule has 168 valence electrons. The Morgan fingerprint density at radius 3 is 2.58 bits per heavy atom. The van der Waals surface area contributed by atoms with Gasteiger partial charge in [-0.15, -0.1) is 0 Å². The summed E-state index contributed by atoms with van der Waals surface area (Å²) in [4.78, 5) is 17.8. The highest BCUT2D eigenvalue weighted by Crippen LogP contribution is 2.27. The van der Waals surface area contributed by atoms with Crippen molar-refractivity contribution in [2.24, 2.45) is 0 Å². The number of hydrogen-bond donors (Lipinski definition) is 1. The Bertz CT molecular complexity index is 1200. The maximum Gasteiger partial charge on any atom is 0.321 e. The second kappa shape index (κ2) is 10.2. The van der Waals surface area contributed by atoms with E-state index in [0.29, 0.717) is 38.1 Å². The van der Waals surface area contributed by atoms with Crippen LogP contribution in [-0.4, -0.2) is 46.4 Å². The molecule has 0 saturated carbocycles. The van der Waals surface area contributed by atoms with E-state index in [4.69, 9.17) is 19.2 Å². The molecule has 1 saturated heterocycles. The van der Waals surface area contributed by atoms with Crippen molar-refractivity contribution in [3.05, 3.63) is 72.8 Å². The molecule has 4 aromatic rings. The van der Waals surface area contributed by atoms with E-state index >= 15 is 0 Å². The molecule has 5 rings (SSSR count). The summed E-state index contributed by atoms with van der Waals surface area (Å²) < 4.78 is 17.0. The van der Waals surface area contributed by atoms with Gasteiger partial charge in [0.05, 0.1) is 6.20 Å². The highest BCUT2D eigenvalue weighted by molar-refractivity contribution is 5.86. The molecule has 8 nitrogen and oxygen atoms in total. The second-order valence-electron chi connectivity index (χ2n) is 7.76. The van der Waals surface area contributed by atoms with Crippen LogP contribution in [0.15, 0.2) is 67.0 Å². The fourth-order valence-corrected chi connectivity index (χ4v) is 3.75. The van der Waals surface area contributed by atoms with Crippen molar-refractivity contribution in [1.29, 1.82) is 0 Å². The minimum atomic E-state index is 0.216. The minimum Gasteiger partial charge on any atom is -0.488 e. The zero-order valence-electron chi connectivity index (χ0n) is 18.2. The van der Waals surface area contributed by atoms with Crippen molar-refractivity contribution in [3.63, 3.8) is 0 Å². The third-order valence-corrected chi connectivity index (χ3v) is 5.44. The number of anilines is 2. The Morgan fingerprint density at radius 1 is 0.879 bits per heavy atom. The van der Waals surface area contributed by atoms with E-state index in [-0.39, 0.29) is 11.9 Å². The van der Waals surface area contributed by atoms with Gasteiger partial charge in [-0.2, -0.15) is 15.0 Å². The molecule has 0 radical (unpaired) electrons. The van der Waals surface area contributed by atoms with Gasteiger partial charge in [0.2, 0.25) is 5.95 Å². The number of fused-ring (bicyclic) bond motifs is 1. The zero-order valence-corrected chi connectivity index (χ0v) is 18.2. The van der Waals surface area contributed by atoms with Crippen LogP contribution in [0.25, 0.3) is 10.8 Å². The van der Waals surface area contributed by atoms with Crippen LogP contribution < -0.4 is 14.8 Å². The molecule has 1 N–H and O–H groups in total. The fourth-order valence-electron chi connectivity index (χ4n) is 3.75.